The van der Waals surface area contributed by atoms with Gasteiger partial charge in [0.25, 0.3) is 0 Å². The first-order chi connectivity index (χ1) is 5.57. The molecule has 0 aromatic carbocycles. The minimum absolute atomic E-state index is 0.729. The first-order valence-electron chi connectivity index (χ1n) is 3.17. The summed E-state index contributed by atoms with van der Waals surface area (Å²) in [5, 5.41) is 0. The molecule has 0 amide bonds. The van der Waals surface area contributed by atoms with E-state index < -0.39 is 18.7 Å². The van der Waals surface area contributed by atoms with E-state index in [1.165, 1.54) is 0 Å². The predicted molar refractivity (Wildman–Crippen MR) is 59.5 cm³/mol. The topological polar surface area (TPSA) is 34.1 Å². The van der Waals surface area contributed by atoms with Crippen LogP contribution in [0.5, 0.6) is 0 Å². The van der Waals surface area contributed by atoms with Crippen LogP contribution >= 0.6 is 31.9 Å². The van der Waals surface area contributed by atoms with E-state index in [0.29, 0.717) is 0 Å². The largest absolute Gasteiger partial charge is 0.250 e. The summed E-state index contributed by atoms with van der Waals surface area (Å²) in [7, 11) is -2.81. The van der Waals surface area contributed by atoms with Crippen LogP contribution in [0.15, 0.2) is 19.3 Å². The molecule has 1 aliphatic rings. The van der Waals surface area contributed by atoms with Crippen LogP contribution in [0.2, 0.25) is 0 Å². The van der Waals surface area contributed by atoms with E-state index in [-0.39, 0.29) is 0 Å². The van der Waals surface area contributed by atoms with Crippen LogP contribution in [0.4, 0.5) is 0 Å². The van der Waals surface area contributed by atoms with E-state index in [1.54, 1.807) is 0 Å². The Labute approximate surface area is 91.1 Å². The zero-order chi connectivity index (χ0) is 9.30. The second-order valence-corrected chi connectivity index (χ2v) is 7.93. The van der Waals surface area contributed by atoms with Gasteiger partial charge in [0, 0.05) is 13.9 Å². The summed E-state index contributed by atoms with van der Waals surface area (Å²) in [6.45, 7) is 1.95. The Hall–Kier alpha value is 0.610. The van der Waals surface area contributed by atoms with Gasteiger partial charge in [0.15, 0.2) is 0 Å². The molecule has 0 saturated heterocycles. The van der Waals surface area contributed by atoms with E-state index in [0.717, 1.165) is 19.6 Å². The zero-order valence-electron chi connectivity index (χ0n) is 6.17. The fraction of sp³-hybridized carbons (Fsp3) is 0.333. The molecule has 1 rings (SSSR count). The monoisotopic (exact) mass is 332 g/mol. The Bertz CT molecular complexity index is 395. The van der Waals surface area contributed by atoms with Crippen molar-refractivity contribution in [1.29, 1.82) is 0 Å². The summed E-state index contributed by atoms with van der Waals surface area (Å²) in [5.41, 5.74) is 0. The first kappa shape index (κ1) is 10.7. The van der Waals surface area contributed by atoms with E-state index >= 15 is 0 Å². The minimum atomic E-state index is -2.05. The third-order valence-electron chi connectivity index (χ3n) is 1.36. The molecule has 0 N–H and O–H groups in total. The maximum Gasteiger partial charge on any atom is 0.250 e. The molecular weight excluding hydrogens is 328 g/mol. The van der Waals surface area contributed by atoms with Crippen LogP contribution < -0.4 is 0 Å². The number of allylic oxidation sites excluding steroid dienone is 3. The molecule has 68 valence electrons. The number of hydrogen-bond donors (Lipinski definition) is 0. The Morgan fingerprint density at radius 2 is 2.08 bits per heavy atom. The average Bonchev–Trinajstić information content (AvgIpc) is 2.28. The SMILES string of the molecule is CCC1=CC(Br)=C(Br)S1=S(=O)=O. The lowest BCUT2D eigenvalue weighted by molar-refractivity contribution is 0.628. The van der Waals surface area contributed by atoms with Crippen LogP contribution in [-0.4, -0.2) is 8.42 Å². The van der Waals surface area contributed by atoms with Gasteiger partial charge in [-0.15, -0.1) is 0 Å². The van der Waals surface area contributed by atoms with Crippen LogP contribution in [0, 0.1) is 0 Å². The minimum Gasteiger partial charge on any atom is -0.177 e. The van der Waals surface area contributed by atoms with Crippen molar-refractivity contribution >= 4 is 50.6 Å². The maximum absolute atomic E-state index is 10.8. The Morgan fingerprint density at radius 3 is 2.42 bits per heavy atom. The summed E-state index contributed by atoms with van der Waals surface area (Å²) in [6, 6.07) is 0. The van der Waals surface area contributed by atoms with Crippen molar-refractivity contribution in [3.8, 4) is 0 Å². The zero-order valence-corrected chi connectivity index (χ0v) is 11.0. The molecule has 0 bridgehead atoms. The normalized spacial score (nSPS) is 22.9. The third-order valence-corrected chi connectivity index (χ3v) is 8.48. The number of rotatable bonds is 1. The highest BCUT2D eigenvalue weighted by Crippen LogP contribution is 2.35. The highest BCUT2D eigenvalue weighted by molar-refractivity contribution is 9.16. The van der Waals surface area contributed by atoms with Crippen LogP contribution in [0.1, 0.15) is 13.3 Å². The van der Waals surface area contributed by atoms with E-state index in [2.05, 4.69) is 31.9 Å². The van der Waals surface area contributed by atoms with Crippen molar-refractivity contribution in [2.75, 3.05) is 0 Å². The second-order valence-electron chi connectivity index (χ2n) is 2.06. The molecule has 1 aliphatic heterocycles. The van der Waals surface area contributed by atoms with Gasteiger partial charge in [0.05, 0.1) is 3.81 Å². The third kappa shape index (κ3) is 1.92. The second kappa shape index (κ2) is 4.21. The molecule has 0 aliphatic carbocycles. The molecule has 1 atom stereocenters. The maximum atomic E-state index is 10.8. The number of hydrogen-bond acceptors (Lipinski definition) is 2. The molecule has 2 nitrogen and oxygen atoms in total. The Morgan fingerprint density at radius 1 is 1.50 bits per heavy atom. The van der Waals surface area contributed by atoms with Crippen molar-refractivity contribution in [2.45, 2.75) is 13.3 Å². The smallest absolute Gasteiger partial charge is 0.177 e. The van der Waals surface area contributed by atoms with Gasteiger partial charge in [-0.3, -0.25) is 0 Å². The molecule has 0 aromatic heterocycles. The van der Waals surface area contributed by atoms with Crippen molar-refractivity contribution in [1.82, 2.24) is 0 Å². The molecular formula is C6H6Br2O2S2. The van der Waals surface area contributed by atoms with E-state index in [4.69, 9.17) is 0 Å². The summed E-state index contributed by atoms with van der Waals surface area (Å²) in [4.78, 5) is 0.946. The van der Waals surface area contributed by atoms with Gasteiger partial charge >= 0.3 is 0 Å². The Kier molecular flexibility index (Phi) is 3.75. The molecule has 0 aromatic rings. The highest BCUT2D eigenvalue weighted by atomic mass is 79.9. The van der Waals surface area contributed by atoms with Crippen LogP contribution in [0.3, 0.4) is 0 Å². The summed E-state index contributed by atoms with van der Waals surface area (Å²) >= 11 is 6.54. The lowest BCUT2D eigenvalue weighted by Gasteiger charge is -1.97. The van der Waals surface area contributed by atoms with Gasteiger partial charge in [0.1, 0.15) is 0 Å². The molecule has 0 fully saturated rings. The summed E-state index contributed by atoms with van der Waals surface area (Å²) in [5.74, 6) is 0. The van der Waals surface area contributed by atoms with Gasteiger partial charge in [-0.05, 0) is 49.3 Å². The molecule has 0 saturated carbocycles. The van der Waals surface area contributed by atoms with Gasteiger partial charge in [-0.25, -0.2) is 0 Å². The lowest BCUT2D eigenvalue weighted by Crippen LogP contribution is -1.89. The van der Waals surface area contributed by atoms with Crippen LogP contribution in [0.25, 0.3) is 0 Å². The van der Waals surface area contributed by atoms with Crippen molar-refractivity contribution in [3.05, 3.63) is 19.3 Å². The van der Waals surface area contributed by atoms with E-state index in [1.807, 2.05) is 13.0 Å². The van der Waals surface area contributed by atoms with Crippen molar-refractivity contribution in [2.24, 2.45) is 0 Å². The predicted octanol–water partition coefficient (Wildman–Crippen LogP) is 2.67. The fourth-order valence-corrected chi connectivity index (χ4v) is 6.68. The molecule has 1 heterocycles. The fourth-order valence-electron chi connectivity index (χ4n) is 0.836. The average molecular weight is 334 g/mol. The molecule has 1 unspecified atom stereocenters. The first-order valence-corrected chi connectivity index (χ1v) is 7.58. The Balaban J connectivity index is 3.37. The lowest BCUT2D eigenvalue weighted by atomic mass is 10.4. The van der Waals surface area contributed by atoms with Crippen LogP contribution in [-0.2, 0) is 18.7 Å². The summed E-state index contributed by atoms with van der Waals surface area (Å²) < 4.78 is 23.2. The van der Waals surface area contributed by atoms with Gasteiger partial charge in [-0.1, -0.05) is 6.92 Å². The van der Waals surface area contributed by atoms with Gasteiger partial charge in [-0.2, -0.15) is 8.42 Å². The van der Waals surface area contributed by atoms with Gasteiger partial charge < -0.3 is 0 Å². The van der Waals surface area contributed by atoms with E-state index in [9.17, 15) is 8.42 Å². The molecule has 6 heteroatoms. The van der Waals surface area contributed by atoms with Crippen molar-refractivity contribution < 1.29 is 8.42 Å². The van der Waals surface area contributed by atoms with Gasteiger partial charge in [0.2, 0.25) is 9.26 Å². The quantitative estimate of drug-likeness (QED) is 0.739. The summed E-state index contributed by atoms with van der Waals surface area (Å²) in [6.07, 6.45) is 2.63. The molecule has 12 heavy (non-hydrogen) atoms. The highest BCUT2D eigenvalue weighted by Gasteiger charge is 2.18. The molecule has 0 radical (unpaired) electrons. The molecule has 0 spiro atoms. The standard InChI is InChI=1S/C6H6Br2O2S2/c1-2-4-3-5(7)6(8)11(4)12(9)10/h3H,2H2,1H3. The van der Waals surface area contributed by atoms with Crippen molar-refractivity contribution in [3.63, 3.8) is 0 Å². The number of halogens is 2.